The third-order valence-electron chi connectivity index (χ3n) is 12.6. The van der Waals surface area contributed by atoms with Crippen LogP contribution in [0.5, 0.6) is 5.75 Å². The molecular formula is C53H61N9O8S2. The summed E-state index contributed by atoms with van der Waals surface area (Å²) in [6, 6.07) is 25.9. The van der Waals surface area contributed by atoms with Gasteiger partial charge in [0.05, 0.1) is 68.0 Å². The van der Waals surface area contributed by atoms with E-state index < -0.39 is 30.2 Å². The number of amides is 2. The van der Waals surface area contributed by atoms with Gasteiger partial charge in [-0.2, -0.15) is 0 Å². The summed E-state index contributed by atoms with van der Waals surface area (Å²) >= 11 is 0. The first-order chi connectivity index (χ1) is 34.0. The summed E-state index contributed by atoms with van der Waals surface area (Å²) in [4.78, 5) is 57.2. The lowest BCUT2D eigenvalue weighted by atomic mass is 10.0. The molecule has 10 rings (SSSR count). The van der Waals surface area contributed by atoms with Gasteiger partial charge in [0.2, 0.25) is 0 Å². The summed E-state index contributed by atoms with van der Waals surface area (Å²) in [5.41, 5.74) is 9.04. The summed E-state index contributed by atoms with van der Waals surface area (Å²) < 4.78 is 55.6. The second kappa shape index (κ2) is 20.4. The third-order valence-corrected chi connectivity index (χ3v) is 17.0. The fourth-order valence-electron chi connectivity index (χ4n) is 8.60. The number of aliphatic hydroxyl groups excluding tert-OH is 1. The first-order valence-electron chi connectivity index (χ1n) is 23.1. The van der Waals surface area contributed by atoms with Gasteiger partial charge in [0.25, 0.3) is 11.8 Å². The number of aromatic amines is 2. The van der Waals surface area contributed by atoms with Crippen molar-refractivity contribution in [1.29, 1.82) is 0 Å². The standard InChI is InChI=1S/C27H29N5O4S.C25H24N4O4S.CH4.2H2/c1-17(2)37(34,35)21-8-5-18(6-9-21)23-14-28-26-25(30-23)24(15-29-26)32-16-19-13-20(36-12-11-31(3)4)7-10-22(19)27(32)33;1-15(2)34(32,33)17-9-7-16(8-10-17)20-13-26-24-23(28-20)22(14-27-24)29-21(11-12-30)18-5-3-4-6-19(18)25(29)31;;;/h5-10,13-15,17H,11-12,16H2,1-4H3,(H,28,29);3-10,13-15,21,30H,11-12H2,1-2H3,(H,26,27);1H4;2*1H. The first-order valence-corrected chi connectivity index (χ1v) is 26.2. The van der Waals surface area contributed by atoms with Crippen molar-refractivity contribution in [3.05, 3.63) is 138 Å². The summed E-state index contributed by atoms with van der Waals surface area (Å²) in [6.07, 6.45) is 7.09. The number of fused-ring (bicyclic) bond motifs is 4. The smallest absolute Gasteiger partial charge is 0.259 e. The lowest BCUT2D eigenvalue weighted by Gasteiger charge is -2.24. The quantitative estimate of drug-likeness (QED) is 0.0926. The normalized spacial score (nSPS) is 14.6. The summed E-state index contributed by atoms with van der Waals surface area (Å²) in [7, 11) is -2.75. The molecule has 19 heteroatoms. The first kappa shape index (κ1) is 51.0. The summed E-state index contributed by atoms with van der Waals surface area (Å²) in [5, 5.41) is 8.65. The van der Waals surface area contributed by atoms with Crippen LogP contribution in [0.4, 0.5) is 11.4 Å². The van der Waals surface area contributed by atoms with E-state index >= 15 is 0 Å². The third kappa shape index (κ3) is 9.59. The number of sulfone groups is 2. The van der Waals surface area contributed by atoms with Gasteiger partial charge in [-0.3, -0.25) is 14.5 Å². The van der Waals surface area contributed by atoms with Crippen molar-refractivity contribution < 1.29 is 39.1 Å². The predicted molar refractivity (Wildman–Crippen MR) is 283 cm³/mol. The Morgan fingerprint density at radius 3 is 1.82 bits per heavy atom. The molecule has 4 aromatic heterocycles. The Hall–Kier alpha value is -7.32. The number of hydrogen-bond acceptors (Lipinski definition) is 13. The maximum Gasteiger partial charge on any atom is 0.259 e. The molecule has 0 spiro atoms. The molecule has 2 amide bonds. The van der Waals surface area contributed by atoms with Gasteiger partial charge in [0, 0.05) is 50.7 Å². The van der Waals surface area contributed by atoms with Gasteiger partial charge < -0.3 is 29.6 Å². The molecule has 378 valence electrons. The number of H-pyrrole nitrogens is 2. The number of benzene rings is 4. The zero-order chi connectivity index (χ0) is 50.4. The van der Waals surface area contributed by atoms with E-state index in [0.717, 1.165) is 29.0 Å². The van der Waals surface area contributed by atoms with Crippen molar-refractivity contribution in [3.8, 4) is 28.3 Å². The molecule has 72 heavy (non-hydrogen) atoms. The monoisotopic (exact) mass is 1020 g/mol. The minimum absolute atomic E-state index is 0. The van der Waals surface area contributed by atoms with E-state index in [-0.39, 0.29) is 44.5 Å². The van der Waals surface area contributed by atoms with Crippen molar-refractivity contribution >= 4 is 65.2 Å². The van der Waals surface area contributed by atoms with E-state index in [0.29, 0.717) is 81.4 Å². The SMILES string of the molecule is C.CC(C)S(=O)(=O)c1ccc(-c2cnc3[nH]cc(N4C(=O)c5ccccc5C4CCO)c3n2)cc1.CC(C)S(=O)(=O)c1ccc(-c2cnc3[nH]cc(N4Cc5cc(OCCN(C)C)ccc5C4=O)c3n2)cc1.[HH].[HH]. The largest absolute Gasteiger partial charge is 0.492 e. The zero-order valence-corrected chi connectivity index (χ0v) is 41.6. The Balaban J connectivity index is 0.000000232. The number of nitrogens with one attached hydrogen (secondary N) is 2. The van der Waals surface area contributed by atoms with Crippen molar-refractivity contribution in [2.24, 2.45) is 0 Å². The van der Waals surface area contributed by atoms with E-state index in [2.05, 4.69) is 19.9 Å². The number of carbonyl (C=O) groups is 2. The van der Waals surface area contributed by atoms with Crippen LogP contribution in [-0.2, 0) is 26.2 Å². The molecule has 17 nitrogen and oxygen atoms in total. The molecule has 3 N–H and O–H groups in total. The van der Waals surface area contributed by atoms with Crippen molar-refractivity contribution in [2.45, 2.75) is 74.4 Å². The number of ether oxygens (including phenoxy) is 1. The Kier molecular flexibility index (Phi) is 14.5. The Labute approximate surface area is 421 Å². The number of rotatable bonds is 14. The van der Waals surface area contributed by atoms with Crippen LogP contribution in [0.25, 0.3) is 44.8 Å². The van der Waals surface area contributed by atoms with Gasteiger partial charge in [-0.15, -0.1) is 0 Å². The van der Waals surface area contributed by atoms with Crippen LogP contribution in [-0.4, -0.2) is 113 Å². The molecule has 1 unspecified atom stereocenters. The zero-order valence-electron chi connectivity index (χ0n) is 40.0. The Morgan fingerprint density at radius 1 is 0.736 bits per heavy atom. The summed E-state index contributed by atoms with van der Waals surface area (Å²) in [6.45, 7) is 8.33. The van der Waals surface area contributed by atoms with Crippen LogP contribution in [0.3, 0.4) is 0 Å². The van der Waals surface area contributed by atoms with E-state index in [1.165, 1.54) is 0 Å². The van der Waals surface area contributed by atoms with Crippen molar-refractivity contribution in [3.63, 3.8) is 0 Å². The molecule has 0 bridgehead atoms. The van der Waals surface area contributed by atoms with E-state index in [9.17, 15) is 31.5 Å². The number of likely N-dealkylation sites (N-methyl/N-ethyl adjacent to an activating group) is 1. The highest BCUT2D eigenvalue weighted by atomic mass is 32.2. The van der Waals surface area contributed by atoms with Crippen LogP contribution < -0.4 is 14.5 Å². The highest BCUT2D eigenvalue weighted by molar-refractivity contribution is 7.92. The molecule has 6 heterocycles. The van der Waals surface area contributed by atoms with Gasteiger partial charge in [0.1, 0.15) is 23.4 Å². The van der Waals surface area contributed by atoms with Crippen LogP contribution >= 0.6 is 0 Å². The molecule has 8 aromatic rings. The average molecular weight is 1020 g/mol. The topological polar surface area (TPSA) is 225 Å². The molecule has 0 saturated carbocycles. The molecular weight excluding hydrogens is 955 g/mol. The van der Waals surface area contributed by atoms with Crippen LogP contribution in [0.1, 0.15) is 82.3 Å². The molecule has 0 fully saturated rings. The van der Waals surface area contributed by atoms with Crippen LogP contribution in [0.2, 0.25) is 0 Å². The molecule has 2 aliphatic rings. The second-order valence-corrected chi connectivity index (χ2v) is 23.1. The lowest BCUT2D eigenvalue weighted by Crippen LogP contribution is -2.28. The maximum absolute atomic E-state index is 13.3. The Bertz CT molecular complexity index is 3550. The van der Waals surface area contributed by atoms with Gasteiger partial charge in [-0.05, 0) is 108 Å². The molecule has 0 saturated heterocycles. The number of hydrogen-bond donors (Lipinski definition) is 3. The second-order valence-electron chi connectivity index (χ2n) is 18.1. The fraction of sp³-hybridized carbons (Fsp3) is 0.283. The predicted octanol–water partition coefficient (Wildman–Crippen LogP) is 8.93. The molecule has 2 aliphatic heterocycles. The van der Waals surface area contributed by atoms with Crippen LogP contribution in [0, 0.1) is 0 Å². The van der Waals surface area contributed by atoms with E-state index in [1.54, 1.807) is 123 Å². The van der Waals surface area contributed by atoms with E-state index in [4.69, 9.17) is 14.7 Å². The summed E-state index contributed by atoms with van der Waals surface area (Å²) in [5.74, 6) is 0.482. The van der Waals surface area contributed by atoms with Crippen LogP contribution in [0.15, 0.2) is 126 Å². The average Bonchev–Trinajstić information content (AvgIpc) is 4.13. The Morgan fingerprint density at radius 2 is 1.28 bits per heavy atom. The highest BCUT2D eigenvalue weighted by Crippen LogP contribution is 2.42. The van der Waals surface area contributed by atoms with Crippen molar-refractivity contribution in [1.82, 2.24) is 34.8 Å². The molecule has 1 atom stereocenters. The number of aromatic nitrogens is 6. The number of nitrogens with zero attached hydrogens (tertiary/aromatic N) is 7. The number of anilines is 2. The van der Waals surface area contributed by atoms with Crippen molar-refractivity contribution in [2.75, 3.05) is 43.7 Å². The number of carbonyl (C=O) groups excluding carboxylic acids is 2. The van der Waals surface area contributed by atoms with Gasteiger partial charge in [-0.1, -0.05) is 49.9 Å². The fourth-order valence-corrected chi connectivity index (χ4v) is 10.7. The van der Waals surface area contributed by atoms with Gasteiger partial charge >= 0.3 is 0 Å². The van der Waals surface area contributed by atoms with Gasteiger partial charge in [0.15, 0.2) is 31.0 Å². The molecule has 0 aliphatic carbocycles. The highest BCUT2D eigenvalue weighted by Gasteiger charge is 2.39. The maximum atomic E-state index is 13.3. The molecule has 0 radical (unpaired) electrons. The van der Waals surface area contributed by atoms with Gasteiger partial charge in [-0.25, -0.2) is 36.8 Å². The molecule has 4 aromatic carbocycles. The minimum atomic E-state index is -3.37. The minimum Gasteiger partial charge on any atom is -0.492 e. The number of aliphatic hydroxyl groups is 1. The van der Waals surface area contributed by atoms with E-state index in [1.807, 2.05) is 49.3 Å². The lowest BCUT2D eigenvalue weighted by molar-refractivity contribution is 0.0984.